The summed E-state index contributed by atoms with van der Waals surface area (Å²) in [5, 5.41) is 12.1. The van der Waals surface area contributed by atoms with Crippen LogP contribution in [0.25, 0.3) is 4.85 Å². The first-order valence-corrected chi connectivity index (χ1v) is 20.2. The van der Waals surface area contributed by atoms with E-state index < -0.39 is 23.4 Å². The number of amides is 1. The number of aromatic carboxylic acids is 1. The molecule has 4 aliphatic rings. The summed E-state index contributed by atoms with van der Waals surface area (Å²) in [5.74, 6) is 0.420. The summed E-state index contributed by atoms with van der Waals surface area (Å²) in [5.41, 5.74) is 1.18. The van der Waals surface area contributed by atoms with Crippen molar-refractivity contribution >= 4 is 40.4 Å². The van der Waals surface area contributed by atoms with Crippen LogP contribution in [0.4, 0.5) is 41.7 Å². The Morgan fingerprint density at radius 2 is 1.37 bits per heavy atom. The van der Waals surface area contributed by atoms with Gasteiger partial charge in [-0.05, 0) is 93.7 Å². The zero-order valence-electron chi connectivity index (χ0n) is 32.5. The van der Waals surface area contributed by atoms with Crippen LogP contribution < -0.4 is 20.0 Å². The van der Waals surface area contributed by atoms with Gasteiger partial charge < -0.3 is 30.0 Å². The molecule has 4 aliphatic heterocycles. The predicted octanol–water partition coefficient (Wildman–Crippen LogP) is 6.74. The quantitative estimate of drug-likeness (QED) is 0.215. The molecule has 15 heteroatoms. The summed E-state index contributed by atoms with van der Waals surface area (Å²) in [6, 6.07) is 11.6. The van der Waals surface area contributed by atoms with E-state index in [2.05, 4.69) is 46.7 Å². The van der Waals surface area contributed by atoms with Gasteiger partial charge in [0.15, 0.2) is 5.69 Å². The highest BCUT2D eigenvalue weighted by Gasteiger charge is 2.35. The van der Waals surface area contributed by atoms with E-state index in [1.54, 1.807) is 18.3 Å². The minimum atomic E-state index is -4.60. The molecule has 4 fully saturated rings. The number of carboxylic acid groups (broad SMARTS) is 1. The summed E-state index contributed by atoms with van der Waals surface area (Å²) in [4.78, 5) is 47.7. The number of hydrogen-bond acceptors (Lipinski definition) is 9. The molecule has 0 bridgehead atoms. The Bertz CT molecular complexity index is 1880. The third-order valence-electron chi connectivity index (χ3n) is 12.4. The van der Waals surface area contributed by atoms with E-state index >= 15 is 0 Å². The Hall–Kier alpha value is -4.94. The lowest BCUT2D eigenvalue weighted by Crippen LogP contribution is -2.54. The summed E-state index contributed by atoms with van der Waals surface area (Å²) < 4.78 is 40.4. The molecule has 2 aromatic heterocycles. The third kappa shape index (κ3) is 9.96. The second kappa shape index (κ2) is 17.7. The van der Waals surface area contributed by atoms with Gasteiger partial charge in [0.25, 0.3) is 0 Å². The van der Waals surface area contributed by atoms with Crippen molar-refractivity contribution in [3.05, 3.63) is 77.5 Å². The Labute approximate surface area is 332 Å². The van der Waals surface area contributed by atoms with Crippen molar-refractivity contribution in [2.24, 2.45) is 17.8 Å². The van der Waals surface area contributed by atoms with Crippen molar-refractivity contribution < 1.29 is 27.9 Å². The number of piperazine rings is 1. The van der Waals surface area contributed by atoms with Crippen LogP contribution in [0.3, 0.4) is 0 Å². The van der Waals surface area contributed by atoms with Crippen molar-refractivity contribution in [1.29, 1.82) is 0 Å². The Balaban J connectivity index is 0.795. The normalized spacial score (nSPS) is 21.0. The van der Waals surface area contributed by atoms with E-state index in [4.69, 9.17) is 11.7 Å². The van der Waals surface area contributed by atoms with Crippen molar-refractivity contribution in [2.45, 2.75) is 57.7 Å². The van der Waals surface area contributed by atoms with E-state index in [-0.39, 0.29) is 17.5 Å². The summed E-state index contributed by atoms with van der Waals surface area (Å²) in [6.45, 7) is 19.7. The van der Waals surface area contributed by atoms with Crippen LogP contribution in [0.15, 0.2) is 54.9 Å². The molecule has 0 aliphatic carbocycles. The fourth-order valence-electron chi connectivity index (χ4n) is 8.97. The van der Waals surface area contributed by atoms with Crippen molar-refractivity contribution in [3.63, 3.8) is 0 Å². The van der Waals surface area contributed by atoms with Crippen LogP contribution in [0, 0.1) is 24.3 Å². The molecule has 0 radical (unpaired) electrons. The standard InChI is InChI=1S/C42H52F3N9O3/c1-29-26-50(27-30-9-15-52(16-10-30)34-4-7-38(41(56)57)47-24-34)21-22-54(29)28-31-11-17-53(18-12-31)35-5-8-39(48-25-35)49-40(55)32-13-19-51(20-14-32)33-3-6-37(46-2)36(23-33)42(43,44)45/h3-8,23-25,29-32H,9-22,26-28H2,1H3,(H,56,57)(H,48,49,55)/t29-/m1/s1. The molecule has 1 amide bonds. The maximum absolute atomic E-state index is 13.5. The van der Waals surface area contributed by atoms with Crippen LogP contribution in [-0.4, -0.2) is 115 Å². The number of hydrogen-bond donors (Lipinski definition) is 2. The molecule has 1 atom stereocenters. The van der Waals surface area contributed by atoms with Gasteiger partial charge in [0, 0.05) is 89.6 Å². The highest BCUT2D eigenvalue weighted by Crippen LogP contribution is 2.39. The molecule has 7 rings (SSSR count). The number of carbonyl (C=O) groups is 2. The number of aromatic nitrogens is 2. The third-order valence-corrected chi connectivity index (χ3v) is 12.4. The van der Waals surface area contributed by atoms with Crippen molar-refractivity contribution in [1.82, 2.24) is 19.8 Å². The molecule has 3 aromatic rings. The first kappa shape index (κ1) is 40.3. The van der Waals surface area contributed by atoms with Crippen LogP contribution in [-0.2, 0) is 11.0 Å². The first-order chi connectivity index (χ1) is 27.4. The van der Waals surface area contributed by atoms with Crippen molar-refractivity contribution in [2.75, 3.05) is 92.0 Å². The number of benzene rings is 1. The molecule has 6 heterocycles. The van der Waals surface area contributed by atoms with E-state index in [0.717, 1.165) is 102 Å². The Kier molecular flexibility index (Phi) is 12.5. The smallest absolute Gasteiger partial charge is 0.407 e. The SMILES string of the molecule is [C-]#[N+]c1ccc(N2CCC(C(=O)Nc3ccc(N4CCC(CN5CCN(CC6CCN(c7ccc(C(=O)O)nc7)CC6)C[C@H]5C)CC4)cn3)CC2)cc1C(F)(F)F. The Morgan fingerprint density at radius 1 is 0.789 bits per heavy atom. The van der Waals surface area contributed by atoms with E-state index in [0.29, 0.717) is 55.3 Å². The fourth-order valence-corrected chi connectivity index (χ4v) is 8.97. The number of nitrogens with one attached hydrogen (secondary N) is 1. The molecule has 0 saturated carbocycles. The average molecular weight is 788 g/mol. The summed E-state index contributed by atoms with van der Waals surface area (Å²) in [7, 11) is 0. The molecule has 304 valence electrons. The number of halogens is 3. The lowest BCUT2D eigenvalue weighted by molar-refractivity contribution is -0.136. The maximum Gasteiger partial charge on any atom is 0.407 e. The molecule has 4 saturated heterocycles. The number of nitrogens with zero attached hydrogens (tertiary/aromatic N) is 8. The topological polar surface area (TPSA) is 113 Å². The number of alkyl halides is 3. The zero-order valence-corrected chi connectivity index (χ0v) is 32.5. The highest BCUT2D eigenvalue weighted by molar-refractivity contribution is 5.92. The predicted molar refractivity (Wildman–Crippen MR) is 214 cm³/mol. The van der Waals surface area contributed by atoms with Gasteiger partial charge in [-0.25, -0.2) is 19.6 Å². The van der Waals surface area contributed by atoms with Crippen molar-refractivity contribution in [3.8, 4) is 0 Å². The van der Waals surface area contributed by atoms with Crippen LogP contribution in [0.2, 0.25) is 0 Å². The zero-order chi connectivity index (χ0) is 40.1. The maximum atomic E-state index is 13.5. The monoisotopic (exact) mass is 787 g/mol. The van der Waals surface area contributed by atoms with E-state index in [1.807, 2.05) is 29.3 Å². The van der Waals surface area contributed by atoms with Gasteiger partial charge in [0.1, 0.15) is 11.5 Å². The average Bonchev–Trinajstić information content (AvgIpc) is 3.22. The fraction of sp³-hybridized carbons (Fsp3) is 0.548. The molecule has 0 spiro atoms. The lowest BCUT2D eigenvalue weighted by Gasteiger charge is -2.44. The second-order valence-corrected chi connectivity index (χ2v) is 16.1. The van der Waals surface area contributed by atoms with E-state index in [9.17, 15) is 22.8 Å². The number of anilines is 4. The molecule has 2 N–H and O–H groups in total. The number of pyridine rings is 2. The number of carboxylic acids is 1. The molecule has 1 aromatic carbocycles. The molecule has 12 nitrogen and oxygen atoms in total. The van der Waals surface area contributed by atoms with Gasteiger partial charge in [-0.15, -0.1) is 0 Å². The minimum Gasteiger partial charge on any atom is -0.477 e. The van der Waals surface area contributed by atoms with Gasteiger partial charge >= 0.3 is 12.1 Å². The van der Waals surface area contributed by atoms with Gasteiger partial charge in [-0.2, -0.15) is 13.2 Å². The minimum absolute atomic E-state index is 0.0778. The van der Waals surface area contributed by atoms with Gasteiger partial charge in [-0.1, -0.05) is 6.07 Å². The highest BCUT2D eigenvalue weighted by atomic mass is 19.4. The molecule has 0 unspecified atom stereocenters. The Morgan fingerprint density at radius 3 is 1.91 bits per heavy atom. The van der Waals surface area contributed by atoms with Gasteiger partial charge in [-0.3, -0.25) is 9.69 Å². The summed E-state index contributed by atoms with van der Waals surface area (Å²) >= 11 is 0. The second-order valence-electron chi connectivity index (χ2n) is 16.1. The molecule has 57 heavy (non-hydrogen) atoms. The lowest BCUT2D eigenvalue weighted by atomic mass is 9.94. The number of carbonyl (C=O) groups excluding carboxylic acids is 1. The van der Waals surface area contributed by atoms with Gasteiger partial charge in [0.2, 0.25) is 5.91 Å². The molecular weight excluding hydrogens is 736 g/mol. The molecular formula is C42H52F3N9O3. The van der Waals surface area contributed by atoms with Crippen LogP contribution >= 0.6 is 0 Å². The van der Waals surface area contributed by atoms with Crippen LogP contribution in [0.5, 0.6) is 0 Å². The summed E-state index contributed by atoms with van der Waals surface area (Å²) in [6.07, 6.45) is 4.42. The largest absolute Gasteiger partial charge is 0.477 e. The number of rotatable bonds is 10. The van der Waals surface area contributed by atoms with E-state index in [1.165, 1.54) is 6.07 Å². The first-order valence-electron chi connectivity index (χ1n) is 20.2. The van der Waals surface area contributed by atoms with Crippen LogP contribution in [0.1, 0.15) is 61.5 Å². The number of piperidine rings is 3. The van der Waals surface area contributed by atoms with Gasteiger partial charge in [0.05, 0.1) is 35.9 Å².